The van der Waals surface area contributed by atoms with Gasteiger partial charge in [-0.2, -0.15) is 0 Å². The van der Waals surface area contributed by atoms with Crippen LogP contribution in [0.2, 0.25) is 0 Å². The maximum Gasteiger partial charge on any atom is 0.0738 e. The molecule has 4 nitrogen and oxygen atoms in total. The van der Waals surface area contributed by atoms with Crippen molar-refractivity contribution in [1.29, 1.82) is 0 Å². The first-order valence-electron chi connectivity index (χ1n) is 14.5. The minimum absolute atomic E-state index is 0.910. The quantitative estimate of drug-likeness (QED) is 0.199. The van der Waals surface area contributed by atoms with Crippen LogP contribution in [0.5, 0.6) is 0 Å². The lowest BCUT2D eigenvalue weighted by Gasteiger charge is -2.09. The summed E-state index contributed by atoms with van der Waals surface area (Å²) < 4.78 is 0. The standard InChI is InChI=1S/C39H28N4/c1-5-13-26(14-6-1)36-30-21-22-32(41-30)37(27-15-7-2-8-16-27)34-25-35(40-29-19-11-4-12-20-29)39(43-34)38(28-17-9-3-10-18-28)33-24-23-31(36)42-33/h1-25,40-41,43H. The molecule has 0 spiro atoms. The Bertz CT molecular complexity index is 2180. The van der Waals surface area contributed by atoms with E-state index in [0.29, 0.717) is 0 Å². The normalized spacial score (nSPS) is 11.6. The molecule has 0 fully saturated rings. The van der Waals surface area contributed by atoms with E-state index in [1.54, 1.807) is 0 Å². The number of hydrogen-bond donors (Lipinski definition) is 3. The number of aromatic amines is 2. The number of hydrogen-bond acceptors (Lipinski definition) is 2. The van der Waals surface area contributed by atoms with E-state index < -0.39 is 0 Å². The highest BCUT2D eigenvalue weighted by molar-refractivity contribution is 6.04. The van der Waals surface area contributed by atoms with E-state index in [2.05, 4.69) is 149 Å². The number of nitrogens with zero attached hydrogens (tertiary/aromatic N) is 1. The molecule has 1 aliphatic heterocycles. The van der Waals surface area contributed by atoms with Gasteiger partial charge in [0.2, 0.25) is 0 Å². The average molecular weight is 553 g/mol. The van der Waals surface area contributed by atoms with Gasteiger partial charge in [0.05, 0.1) is 28.1 Å². The van der Waals surface area contributed by atoms with Gasteiger partial charge in [0.15, 0.2) is 0 Å². The first-order valence-corrected chi connectivity index (χ1v) is 14.5. The van der Waals surface area contributed by atoms with E-state index in [1.807, 2.05) is 18.2 Å². The Labute approximate surface area is 249 Å². The van der Waals surface area contributed by atoms with Gasteiger partial charge in [0.25, 0.3) is 0 Å². The Morgan fingerprint density at radius 2 is 0.930 bits per heavy atom. The van der Waals surface area contributed by atoms with Crippen molar-refractivity contribution in [2.24, 2.45) is 0 Å². The van der Waals surface area contributed by atoms with Crippen LogP contribution in [0.1, 0.15) is 11.4 Å². The predicted molar refractivity (Wildman–Crippen MR) is 181 cm³/mol. The van der Waals surface area contributed by atoms with E-state index in [1.165, 1.54) is 0 Å². The van der Waals surface area contributed by atoms with Crippen molar-refractivity contribution in [3.8, 4) is 33.4 Å². The summed E-state index contributed by atoms with van der Waals surface area (Å²) in [6, 6.07) is 48.5. The van der Waals surface area contributed by atoms with Crippen LogP contribution >= 0.6 is 0 Å². The van der Waals surface area contributed by atoms with E-state index >= 15 is 0 Å². The molecule has 0 aliphatic carbocycles. The largest absolute Gasteiger partial charge is 0.354 e. The van der Waals surface area contributed by atoms with Crippen LogP contribution in [0.3, 0.4) is 0 Å². The summed E-state index contributed by atoms with van der Waals surface area (Å²) >= 11 is 0. The molecule has 3 aromatic heterocycles. The van der Waals surface area contributed by atoms with Crippen molar-refractivity contribution >= 4 is 45.6 Å². The van der Waals surface area contributed by atoms with Gasteiger partial charge in [-0.25, -0.2) is 4.98 Å². The molecule has 4 heteroatoms. The molecule has 8 rings (SSSR count). The second-order valence-corrected chi connectivity index (χ2v) is 10.7. The molecule has 4 heterocycles. The van der Waals surface area contributed by atoms with Crippen LogP contribution in [0.4, 0.5) is 11.4 Å². The summed E-state index contributed by atoms with van der Waals surface area (Å²) in [5.41, 5.74) is 14.4. The zero-order valence-corrected chi connectivity index (χ0v) is 23.4. The zero-order valence-electron chi connectivity index (χ0n) is 23.4. The van der Waals surface area contributed by atoms with Gasteiger partial charge in [-0.1, -0.05) is 109 Å². The molecule has 0 unspecified atom stereocenters. The molecule has 0 atom stereocenters. The highest BCUT2D eigenvalue weighted by Crippen LogP contribution is 2.40. The van der Waals surface area contributed by atoms with Gasteiger partial charge < -0.3 is 15.3 Å². The number of H-pyrrole nitrogens is 2. The molecule has 0 saturated carbocycles. The fourth-order valence-corrected chi connectivity index (χ4v) is 6.02. The number of rotatable bonds is 5. The fraction of sp³-hybridized carbons (Fsp3) is 0. The second kappa shape index (κ2) is 10.5. The third-order valence-electron chi connectivity index (χ3n) is 7.95. The average Bonchev–Trinajstić information content (AvgIpc) is 3.82. The minimum atomic E-state index is 0.910. The Kier molecular flexibility index (Phi) is 6.08. The van der Waals surface area contributed by atoms with Crippen molar-refractivity contribution in [3.63, 3.8) is 0 Å². The van der Waals surface area contributed by atoms with E-state index in [-0.39, 0.29) is 0 Å². The molecular formula is C39H28N4. The molecule has 1 aliphatic rings. The Hall–Kier alpha value is -5.87. The number of aromatic nitrogens is 3. The highest BCUT2D eigenvalue weighted by atomic mass is 14.9. The molecule has 3 N–H and O–H groups in total. The van der Waals surface area contributed by atoms with E-state index in [4.69, 9.17) is 4.98 Å². The Morgan fingerprint density at radius 1 is 0.442 bits per heavy atom. The molecule has 0 radical (unpaired) electrons. The molecule has 7 aromatic rings. The zero-order chi connectivity index (χ0) is 28.6. The first-order chi connectivity index (χ1) is 21.3. The summed E-state index contributed by atoms with van der Waals surface area (Å²) in [6.45, 7) is 0. The van der Waals surface area contributed by atoms with Gasteiger partial charge in [-0.3, -0.25) is 0 Å². The molecule has 43 heavy (non-hydrogen) atoms. The van der Waals surface area contributed by atoms with Crippen LogP contribution in [-0.4, -0.2) is 15.0 Å². The maximum atomic E-state index is 5.30. The van der Waals surface area contributed by atoms with Crippen molar-refractivity contribution in [3.05, 3.63) is 151 Å². The molecule has 4 aromatic carbocycles. The van der Waals surface area contributed by atoms with Crippen LogP contribution in [0.15, 0.2) is 140 Å². The Balaban J connectivity index is 1.57. The van der Waals surface area contributed by atoms with Crippen molar-refractivity contribution in [2.45, 2.75) is 0 Å². The number of fused-ring (bicyclic) bond motifs is 6. The van der Waals surface area contributed by atoms with Gasteiger partial charge in [-0.15, -0.1) is 0 Å². The lowest BCUT2D eigenvalue weighted by molar-refractivity contribution is 1.32. The molecule has 204 valence electrons. The second-order valence-electron chi connectivity index (χ2n) is 10.7. The van der Waals surface area contributed by atoms with Crippen molar-refractivity contribution < 1.29 is 0 Å². The highest BCUT2D eigenvalue weighted by Gasteiger charge is 2.19. The number of anilines is 2. The first kappa shape index (κ1) is 24.9. The topological polar surface area (TPSA) is 56.5 Å². The van der Waals surface area contributed by atoms with Crippen LogP contribution < -0.4 is 5.32 Å². The lowest BCUT2D eigenvalue weighted by atomic mass is 10.0. The van der Waals surface area contributed by atoms with Crippen molar-refractivity contribution in [2.75, 3.05) is 5.32 Å². The number of nitrogens with one attached hydrogen (secondary N) is 3. The van der Waals surface area contributed by atoms with Crippen molar-refractivity contribution in [1.82, 2.24) is 15.0 Å². The summed E-state index contributed by atoms with van der Waals surface area (Å²) in [7, 11) is 0. The van der Waals surface area contributed by atoms with Gasteiger partial charge in [0, 0.05) is 33.4 Å². The monoisotopic (exact) mass is 552 g/mol. The third kappa shape index (κ3) is 4.55. The summed E-state index contributed by atoms with van der Waals surface area (Å²) in [5.74, 6) is 0. The smallest absolute Gasteiger partial charge is 0.0738 e. The summed E-state index contributed by atoms with van der Waals surface area (Å²) in [5, 5.41) is 3.71. The lowest BCUT2D eigenvalue weighted by Crippen LogP contribution is -1.92. The van der Waals surface area contributed by atoms with Gasteiger partial charge >= 0.3 is 0 Å². The fourth-order valence-electron chi connectivity index (χ4n) is 6.02. The number of benzene rings is 4. The summed E-state index contributed by atoms with van der Waals surface area (Å²) in [4.78, 5) is 12.9. The van der Waals surface area contributed by atoms with Gasteiger partial charge in [0.1, 0.15) is 0 Å². The van der Waals surface area contributed by atoms with Crippen LogP contribution in [0, 0.1) is 0 Å². The molecule has 0 saturated heterocycles. The number of para-hydroxylation sites is 1. The minimum Gasteiger partial charge on any atom is -0.354 e. The van der Waals surface area contributed by atoms with E-state index in [0.717, 1.165) is 78.2 Å². The summed E-state index contributed by atoms with van der Waals surface area (Å²) in [6.07, 6.45) is 4.27. The Morgan fingerprint density at radius 3 is 1.53 bits per heavy atom. The molecule has 6 bridgehead atoms. The third-order valence-corrected chi connectivity index (χ3v) is 7.95. The molecule has 0 amide bonds. The predicted octanol–water partition coefficient (Wildman–Crippen LogP) is 10.4. The van der Waals surface area contributed by atoms with Crippen LogP contribution in [-0.2, 0) is 0 Å². The molecular weight excluding hydrogens is 524 g/mol. The SMILES string of the molecule is C1=Cc2nc1c(-c1ccccc1)c1ccc([nH]1)c(-c1ccccc1)c1cc(Nc3ccccc3)c([nH]1)c2-c1ccccc1. The van der Waals surface area contributed by atoms with E-state index in [9.17, 15) is 0 Å². The van der Waals surface area contributed by atoms with Gasteiger partial charge in [-0.05, 0) is 59.2 Å². The van der Waals surface area contributed by atoms with Crippen LogP contribution in [0.25, 0.3) is 67.6 Å². The maximum absolute atomic E-state index is 5.30.